The van der Waals surface area contributed by atoms with Gasteiger partial charge in [0.05, 0.1) is 7.11 Å². The van der Waals surface area contributed by atoms with Crippen LogP contribution < -0.4 is 20.1 Å². The van der Waals surface area contributed by atoms with E-state index in [1.165, 1.54) is 19.4 Å². The molecule has 1 amide bonds. The lowest BCUT2D eigenvalue weighted by atomic mass is 10.1. The van der Waals surface area contributed by atoms with Gasteiger partial charge in [-0.15, -0.1) is 0 Å². The Morgan fingerprint density at radius 1 is 1.32 bits per heavy atom. The Bertz CT molecular complexity index is 661. The van der Waals surface area contributed by atoms with E-state index in [1.807, 2.05) is 32.9 Å². The molecule has 1 saturated heterocycles. The lowest BCUT2D eigenvalue weighted by molar-refractivity contribution is -0.124. The number of ether oxygens (including phenoxy) is 2. The number of nitrogens with one attached hydrogen (secondary N) is 2. The fraction of sp³-hybridized carbons (Fsp3) is 0.667. The Morgan fingerprint density at radius 2 is 2.07 bits per heavy atom. The number of likely N-dealkylation sites (tertiary alicyclic amines) is 1. The maximum atomic E-state index is 12.0. The van der Waals surface area contributed by atoms with Crippen LogP contribution >= 0.6 is 15.9 Å². The fourth-order valence-electron chi connectivity index (χ4n) is 3.50. The molecule has 6 nitrogen and oxygen atoms in total. The van der Waals surface area contributed by atoms with Crippen molar-refractivity contribution in [1.29, 1.82) is 0 Å². The molecule has 1 aliphatic rings. The van der Waals surface area contributed by atoms with E-state index in [0.29, 0.717) is 17.5 Å². The van der Waals surface area contributed by atoms with Gasteiger partial charge >= 0.3 is 0 Å². The third-order valence-corrected chi connectivity index (χ3v) is 5.54. The summed E-state index contributed by atoms with van der Waals surface area (Å²) in [6, 6.07) is 4.45. The number of hydrogen-bond donors (Lipinski definition) is 2. The smallest absolute Gasteiger partial charge is 0.258 e. The summed E-state index contributed by atoms with van der Waals surface area (Å²) < 4.78 is 12.1. The topological polar surface area (TPSA) is 62.8 Å². The number of carbonyl (C=O) groups excluding carboxylic acids is 1. The molecule has 0 spiro atoms. The molecular formula is C21H34BrN3O3. The predicted molar refractivity (Wildman–Crippen MR) is 116 cm³/mol. The maximum Gasteiger partial charge on any atom is 0.258 e. The van der Waals surface area contributed by atoms with Crippen LogP contribution in [0.3, 0.4) is 0 Å². The van der Waals surface area contributed by atoms with E-state index in [4.69, 9.17) is 9.47 Å². The second-order valence-corrected chi connectivity index (χ2v) is 9.09. The molecule has 0 saturated carbocycles. The van der Waals surface area contributed by atoms with Gasteiger partial charge in [0.25, 0.3) is 5.91 Å². The molecule has 0 radical (unpaired) electrons. The zero-order valence-corrected chi connectivity index (χ0v) is 19.3. The quantitative estimate of drug-likeness (QED) is 0.597. The van der Waals surface area contributed by atoms with Crippen LogP contribution in [0.4, 0.5) is 0 Å². The lowest BCUT2D eigenvalue weighted by Gasteiger charge is -2.23. The van der Waals surface area contributed by atoms with Crippen LogP contribution in [0.25, 0.3) is 0 Å². The van der Waals surface area contributed by atoms with Crippen LogP contribution in [-0.2, 0) is 11.3 Å². The Balaban J connectivity index is 1.93. The number of carbonyl (C=O) groups is 1. The minimum absolute atomic E-state index is 0.0494. The van der Waals surface area contributed by atoms with E-state index in [2.05, 4.69) is 38.4 Å². The summed E-state index contributed by atoms with van der Waals surface area (Å²) in [5.41, 5.74) is 0.817. The molecule has 1 atom stereocenters. The van der Waals surface area contributed by atoms with Crippen molar-refractivity contribution in [3.8, 4) is 11.5 Å². The second-order valence-electron chi connectivity index (χ2n) is 8.24. The van der Waals surface area contributed by atoms with Crippen molar-refractivity contribution in [2.45, 2.75) is 58.7 Å². The minimum Gasteiger partial charge on any atom is -0.493 e. The van der Waals surface area contributed by atoms with Crippen LogP contribution in [0, 0.1) is 0 Å². The normalized spacial score (nSPS) is 17.6. The molecule has 1 aromatic carbocycles. The maximum absolute atomic E-state index is 12.0. The summed E-state index contributed by atoms with van der Waals surface area (Å²) in [4.78, 5) is 14.5. The molecule has 158 valence electrons. The first kappa shape index (κ1) is 23.0. The van der Waals surface area contributed by atoms with Gasteiger partial charge in [-0.2, -0.15) is 0 Å². The SMILES string of the molecule is CCN1CCCC1CNCc1cc(OC)c(OCC(=O)NC(C)(C)C)cc1Br. The number of hydrogen-bond acceptors (Lipinski definition) is 5. The van der Waals surface area contributed by atoms with Crippen LogP contribution in [-0.4, -0.2) is 55.7 Å². The summed E-state index contributed by atoms with van der Waals surface area (Å²) in [6.07, 6.45) is 2.54. The number of rotatable bonds is 9. The van der Waals surface area contributed by atoms with Gasteiger partial charge in [0.15, 0.2) is 18.1 Å². The van der Waals surface area contributed by atoms with Gasteiger partial charge in [-0.05, 0) is 64.4 Å². The van der Waals surface area contributed by atoms with Crippen molar-refractivity contribution in [3.63, 3.8) is 0 Å². The first-order valence-electron chi connectivity index (χ1n) is 9.98. The van der Waals surface area contributed by atoms with E-state index in [9.17, 15) is 4.79 Å². The predicted octanol–water partition coefficient (Wildman–Crippen LogP) is 3.33. The average Bonchev–Trinajstić information content (AvgIpc) is 3.07. The van der Waals surface area contributed by atoms with Crippen LogP contribution in [0.5, 0.6) is 11.5 Å². The highest BCUT2D eigenvalue weighted by molar-refractivity contribution is 9.10. The zero-order valence-electron chi connectivity index (χ0n) is 17.7. The summed E-state index contributed by atoms with van der Waals surface area (Å²) >= 11 is 3.62. The Hall–Kier alpha value is -1.31. The largest absolute Gasteiger partial charge is 0.493 e. The Kier molecular flexibility index (Phi) is 8.58. The zero-order chi connectivity index (χ0) is 20.7. The number of nitrogens with zero attached hydrogens (tertiary/aromatic N) is 1. The Morgan fingerprint density at radius 3 is 2.71 bits per heavy atom. The summed E-state index contributed by atoms with van der Waals surface area (Å²) in [5, 5.41) is 6.45. The molecule has 1 fully saturated rings. The summed E-state index contributed by atoms with van der Waals surface area (Å²) in [5.74, 6) is 1.02. The van der Waals surface area contributed by atoms with Gasteiger partial charge < -0.3 is 20.1 Å². The summed E-state index contributed by atoms with van der Waals surface area (Å²) in [6.45, 7) is 12.0. The molecule has 0 aromatic heterocycles. The molecule has 0 bridgehead atoms. The highest BCUT2D eigenvalue weighted by atomic mass is 79.9. The third kappa shape index (κ3) is 6.94. The monoisotopic (exact) mass is 455 g/mol. The van der Waals surface area contributed by atoms with Gasteiger partial charge in [-0.1, -0.05) is 22.9 Å². The van der Waals surface area contributed by atoms with Crippen molar-refractivity contribution in [2.75, 3.05) is 33.4 Å². The number of amides is 1. The molecule has 1 aromatic rings. The van der Waals surface area contributed by atoms with Crippen LogP contribution in [0.15, 0.2) is 16.6 Å². The number of benzene rings is 1. The summed E-state index contributed by atoms with van der Waals surface area (Å²) in [7, 11) is 1.61. The molecule has 1 unspecified atom stereocenters. The molecule has 28 heavy (non-hydrogen) atoms. The van der Waals surface area contributed by atoms with E-state index in [1.54, 1.807) is 7.11 Å². The van der Waals surface area contributed by atoms with E-state index < -0.39 is 0 Å². The van der Waals surface area contributed by atoms with Crippen LogP contribution in [0.2, 0.25) is 0 Å². The Labute approximate surface area is 177 Å². The first-order chi connectivity index (χ1) is 13.2. The minimum atomic E-state index is -0.284. The number of likely N-dealkylation sites (N-methyl/N-ethyl adjacent to an activating group) is 1. The van der Waals surface area contributed by atoms with Crippen molar-refractivity contribution in [2.24, 2.45) is 0 Å². The standard InChI is InChI=1S/C21H34BrN3O3/c1-6-25-9-7-8-16(25)13-23-12-15-10-18(27-5)19(11-17(15)22)28-14-20(26)24-21(2,3)4/h10-11,16,23H,6-9,12-14H2,1-5H3,(H,24,26). The lowest BCUT2D eigenvalue weighted by Crippen LogP contribution is -2.43. The van der Waals surface area contributed by atoms with Crippen molar-refractivity contribution < 1.29 is 14.3 Å². The highest BCUT2D eigenvalue weighted by Gasteiger charge is 2.22. The van der Waals surface area contributed by atoms with E-state index in [-0.39, 0.29) is 18.1 Å². The average molecular weight is 456 g/mol. The van der Waals surface area contributed by atoms with E-state index in [0.717, 1.165) is 29.7 Å². The molecular weight excluding hydrogens is 422 g/mol. The molecule has 1 aliphatic heterocycles. The van der Waals surface area contributed by atoms with Gasteiger partial charge in [-0.3, -0.25) is 9.69 Å². The molecule has 0 aliphatic carbocycles. The van der Waals surface area contributed by atoms with Crippen molar-refractivity contribution in [1.82, 2.24) is 15.5 Å². The third-order valence-electron chi connectivity index (χ3n) is 4.81. The molecule has 7 heteroatoms. The van der Waals surface area contributed by atoms with Gasteiger partial charge in [0.1, 0.15) is 0 Å². The highest BCUT2D eigenvalue weighted by Crippen LogP contribution is 2.33. The second kappa shape index (κ2) is 10.5. The number of methoxy groups -OCH3 is 1. The fourth-order valence-corrected chi connectivity index (χ4v) is 3.96. The van der Waals surface area contributed by atoms with E-state index >= 15 is 0 Å². The van der Waals surface area contributed by atoms with Crippen LogP contribution in [0.1, 0.15) is 46.1 Å². The van der Waals surface area contributed by atoms with Gasteiger partial charge in [0.2, 0.25) is 0 Å². The van der Waals surface area contributed by atoms with Crippen molar-refractivity contribution in [3.05, 3.63) is 22.2 Å². The molecule has 2 rings (SSSR count). The van der Waals surface area contributed by atoms with Crippen molar-refractivity contribution >= 4 is 21.8 Å². The molecule has 2 N–H and O–H groups in total. The first-order valence-corrected chi connectivity index (χ1v) is 10.8. The molecule has 1 heterocycles. The van der Waals surface area contributed by atoms with Gasteiger partial charge in [0, 0.05) is 29.1 Å². The van der Waals surface area contributed by atoms with Gasteiger partial charge in [-0.25, -0.2) is 0 Å². The number of halogens is 1.